The first kappa shape index (κ1) is 12.4. The SMILES string of the molecule is Cc1ccc(Nc2nc3nc[nH]c3c(=O)[nH]2)cc1CO. The number of hydrogen-bond acceptors (Lipinski definition) is 5. The Bertz CT molecular complexity index is 821. The van der Waals surface area contributed by atoms with E-state index in [2.05, 4.69) is 25.3 Å². The molecule has 1 aromatic carbocycles. The van der Waals surface area contributed by atoms with Gasteiger partial charge in [0.05, 0.1) is 12.9 Å². The van der Waals surface area contributed by atoms with Crippen molar-refractivity contribution in [2.45, 2.75) is 13.5 Å². The average molecular weight is 271 g/mol. The molecule has 102 valence electrons. The molecule has 2 heterocycles. The molecule has 3 aromatic rings. The Kier molecular flexibility index (Phi) is 2.96. The van der Waals surface area contributed by atoms with Crippen LogP contribution in [0, 0.1) is 6.92 Å². The molecule has 4 N–H and O–H groups in total. The van der Waals surface area contributed by atoms with Crippen LogP contribution < -0.4 is 10.9 Å². The number of hydrogen-bond donors (Lipinski definition) is 4. The van der Waals surface area contributed by atoms with Gasteiger partial charge in [-0.05, 0) is 30.2 Å². The maximum atomic E-state index is 11.8. The predicted molar refractivity (Wildman–Crippen MR) is 74.9 cm³/mol. The van der Waals surface area contributed by atoms with Crippen molar-refractivity contribution in [3.63, 3.8) is 0 Å². The van der Waals surface area contributed by atoms with E-state index in [0.29, 0.717) is 17.1 Å². The van der Waals surface area contributed by atoms with Gasteiger partial charge in [-0.15, -0.1) is 0 Å². The Balaban J connectivity index is 1.98. The Morgan fingerprint density at radius 3 is 3.05 bits per heavy atom. The molecule has 0 atom stereocenters. The monoisotopic (exact) mass is 271 g/mol. The number of fused-ring (bicyclic) bond motifs is 1. The fraction of sp³-hybridized carbons (Fsp3) is 0.154. The van der Waals surface area contributed by atoms with Gasteiger partial charge in [0.1, 0.15) is 0 Å². The molecular formula is C13H13N5O2. The number of aryl methyl sites for hydroxylation is 1. The van der Waals surface area contributed by atoms with Gasteiger partial charge in [-0.2, -0.15) is 4.98 Å². The first-order valence-corrected chi connectivity index (χ1v) is 6.08. The number of aromatic nitrogens is 4. The second kappa shape index (κ2) is 4.78. The molecule has 0 amide bonds. The fourth-order valence-corrected chi connectivity index (χ4v) is 1.96. The summed E-state index contributed by atoms with van der Waals surface area (Å²) in [7, 11) is 0. The minimum Gasteiger partial charge on any atom is -0.392 e. The van der Waals surface area contributed by atoms with Gasteiger partial charge >= 0.3 is 0 Å². The normalized spacial score (nSPS) is 10.9. The topological polar surface area (TPSA) is 107 Å². The van der Waals surface area contributed by atoms with E-state index in [1.165, 1.54) is 6.33 Å². The number of anilines is 2. The van der Waals surface area contributed by atoms with Crippen LogP contribution in [0.1, 0.15) is 11.1 Å². The Hall–Kier alpha value is -2.67. The second-order valence-electron chi connectivity index (χ2n) is 4.44. The van der Waals surface area contributed by atoms with Gasteiger partial charge in [0, 0.05) is 5.69 Å². The van der Waals surface area contributed by atoms with E-state index < -0.39 is 0 Å². The highest BCUT2D eigenvalue weighted by atomic mass is 16.3. The minimum atomic E-state index is -0.288. The summed E-state index contributed by atoms with van der Waals surface area (Å²) < 4.78 is 0. The van der Waals surface area contributed by atoms with Crippen molar-refractivity contribution < 1.29 is 5.11 Å². The zero-order valence-corrected chi connectivity index (χ0v) is 10.8. The lowest BCUT2D eigenvalue weighted by atomic mass is 10.1. The third-order valence-corrected chi connectivity index (χ3v) is 3.08. The minimum absolute atomic E-state index is 0.0380. The van der Waals surface area contributed by atoms with Crippen molar-refractivity contribution in [1.82, 2.24) is 19.9 Å². The summed E-state index contributed by atoms with van der Waals surface area (Å²) in [6.45, 7) is 1.88. The van der Waals surface area contributed by atoms with Crippen LogP contribution in [0.4, 0.5) is 11.6 Å². The highest BCUT2D eigenvalue weighted by Crippen LogP contribution is 2.18. The number of nitrogens with one attached hydrogen (secondary N) is 3. The number of aliphatic hydroxyl groups is 1. The first-order valence-electron chi connectivity index (χ1n) is 6.08. The smallest absolute Gasteiger partial charge is 0.278 e. The molecule has 2 aromatic heterocycles. The van der Waals surface area contributed by atoms with E-state index in [9.17, 15) is 9.90 Å². The van der Waals surface area contributed by atoms with Crippen LogP contribution in [0.2, 0.25) is 0 Å². The lowest BCUT2D eigenvalue weighted by Crippen LogP contribution is -2.11. The van der Waals surface area contributed by atoms with Gasteiger partial charge < -0.3 is 15.4 Å². The van der Waals surface area contributed by atoms with Crippen molar-refractivity contribution in [1.29, 1.82) is 0 Å². The van der Waals surface area contributed by atoms with Crippen LogP contribution in [-0.2, 0) is 6.61 Å². The Morgan fingerprint density at radius 2 is 2.25 bits per heavy atom. The maximum Gasteiger partial charge on any atom is 0.278 e. The molecule has 0 unspecified atom stereocenters. The number of imidazole rings is 1. The molecule has 0 spiro atoms. The Labute approximate surface area is 113 Å². The number of nitrogens with zero attached hydrogens (tertiary/aromatic N) is 2. The van der Waals surface area contributed by atoms with E-state index in [0.717, 1.165) is 16.8 Å². The molecule has 0 fully saturated rings. The van der Waals surface area contributed by atoms with Crippen LogP contribution >= 0.6 is 0 Å². The third kappa shape index (κ3) is 2.14. The largest absolute Gasteiger partial charge is 0.392 e. The van der Waals surface area contributed by atoms with Crippen molar-refractivity contribution in [2.24, 2.45) is 0 Å². The highest BCUT2D eigenvalue weighted by molar-refractivity contribution is 5.70. The molecule has 7 heteroatoms. The third-order valence-electron chi connectivity index (χ3n) is 3.08. The van der Waals surface area contributed by atoms with Gasteiger partial charge in [-0.3, -0.25) is 9.78 Å². The summed E-state index contributed by atoms with van der Waals surface area (Å²) in [4.78, 5) is 25.3. The van der Waals surface area contributed by atoms with Crippen LogP contribution in [0.25, 0.3) is 11.2 Å². The average Bonchev–Trinajstić information content (AvgIpc) is 2.90. The predicted octanol–water partition coefficient (Wildman–Crippen LogP) is 1.19. The lowest BCUT2D eigenvalue weighted by Gasteiger charge is -2.08. The first-order chi connectivity index (χ1) is 9.67. The van der Waals surface area contributed by atoms with Gasteiger partial charge in [-0.25, -0.2) is 4.98 Å². The molecule has 0 radical (unpaired) electrons. The van der Waals surface area contributed by atoms with Crippen molar-refractivity contribution in [3.8, 4) is 0 Å². The zero-order chi connectivity index (χ0) is 14.1. The summed E-state index contributed by atoms with van der Waals surface area (Å²) in [5.41, 5.74) is 2.96. The standard InChI is InChI=1S/C13H13N5O2/c1-7-2-3-9(4-8(7)5-19)16-13-17-11-10(12(20)18-13)14-6-15-11/h2-4,6,19H,5H2,1H3,(H3,14,15,16,17,18,20). The van der Waals surface area contributed by atoms with Crippen LogP contribution in [0.15, 0.2) is 29.3 Å². The molecule has 0 aliphatic carbocycles. The number of H-pyrrole nitrogens is 2. The highest BCUT2D eigenvalue weighted by Gasteiger charge is 2.06. The molecule has 0 aliphatic rings. The van der Waals surface area contributed by atoms with Crippen LogP contribution in [0.3, 0.4) is 0 Å². The van der Waals surface area contributed by atoms with Gasteiger partial charge in [0.2, 0.25) is 5.95 Å². The van der Waals surface area contributed by atoms with E-state index in [1.54, 1.807) is 0 Å². The Morgan fingerprint density at radius 1 is 1.40 bits per heavy atom. The molecule has 20 heavy (non-hydrogen) atoms. The van der Waals surface area contributed by atoms with E-state index in [1.807, 2.05) is 25.1 Å². The molecule has 0 aliphatic heterocycles. The van der Waals surface area contributed by atoms with Crippen molar-refractivity contribution >= 4 is 22.8 Å². The van der Waals surface area contributed by atoms with E-state index in [4.69, 9.17) is 0 Å². The summed E-state index contributed by atoms with van der Waals surface area (Å²) in [6, 6.07) is 5.55. The maximum absolute atomic E-state index is 11.8. The van der Waals surface area contributed by atoms with Crippen molar-refractivity contribution in [3.05, 3.63) is 46.0 Å². The van der Waals surface area contributed by atoms with Crippen LogP contribution in [-0.4, -0.2) is 25.0 Å². The summed E-state index contributed by atoms with van der Waals surface area (Å²) in [6.07, 6.45) is 1.42. The quantitative estimate of drug-likeness (QED) is 0.572. The molecular weight excluding hydrogens is 258 g/mol. The molecule has 0 saturated heterocycles. The van der Waals surface area contributed by atoms with E-state index in [-0.39, 0.29) is 12.2 Å². The fourth-order valence-electron chi connectivity index (χ4n) is 1.96. The molecule has 7 nitrogen and oxygen atoms in total. The number of benzene rings is 1. The number of aromatic amines is 2. The van der Waals surface area contributed by atoms with Crippen molar-refractivity contribution in [2.75, 3.05) is 5.32 Å². The molecule has 3 rings (SSSR count). The molecule has 0 bridgehead atoms. The van der Waals surface area contributed by atoms with Crippen LogP contribution in [0.5, 0.6) is 0 Å². The molecule has 0 saturated carbocycles. The summed E-state index contributed by atoms with van der Waals surface area (Å²) >= 11 is 0. The van der Waals surface area contributed by atoms with Gasteiger partial charge in [0.15, 0.2) is 11.2 Å². The van der Waals surface area contributed by atoms with E-state index >= 15 is 0 Å². The second-order valence-corrected chi connectivity index (χ2v) is 4.44. The van der Waals surface area contributed by atoms with Gasteiger partial charge in [0.25, 0.3) is 5.56 Å². The lowest BCUT2D eigenvalue weighted by molar-refractivity contribution is 0.281. The number of rotatable bonds is 3. The van der Waals surface area contributed by atoms with Gasteiger partial charge in [-0.1, -0.05) is 6.07 Å². The zero-order valence-electron chi connectivity index (χ0n) is 10.8. The summed E-state index contributed by atoms with van der Waals surface area (Å²) in [5, 5.41) is 12.2. The summed E-state index contributed by atoms with van der Waals surface area (Å²) in [5.74, 6) is 0.308. The number of aliphatic hydroxyl groups excluding tert-OH is 1.